The third-order valence-electron chi connectivity index (χ3n) is 0.988. The van der Waals surface area contributed by atoms with Gasteiger partial charge in [0.2, 0.25) is 0 Å². The van der Waals surface area contributed by atoms with E-state index in [0.717, 1.165) is 0 Å². The monoisotopic (exact) mass is 145 g/mol. The van der Waals surface area contributed by atoms with Gasteiger partial charge in [-0.25, -0.2) is 0 Å². The van der Waals surface area contributed by atoms with Crippen LogP contribution in [-0.4, -0.2) is 59.8 Å². The van der Waals surface area contributed by atoms with Crippen molar-refractivity contribution in [3.8, 4) is 0 Å². The van der Waals surface area contributed by atoms with E-state index in [2.05, 4.69) is 38.0 Å². The van der Waals surface area contributed by atoms with Gasteiger partial charge in [0, 0.05) is 0 Å². The Hall–Kier alpha value is 0.137. The van der Waals surface area contributed by atoms with Crippen molar-refractivity contribution < 1.29 is 0 Å². The molecule has 0 heterocycles. The molecular formula is C6H17N2Si. The summed E-state index contributed by atoms with van der Waals surface area (Å²) in [5.41, 5.74) is 0. The molecule has 0 bridgehead atoms. The van der Waals surface area contributed by atoms with E-state index in [9.17, 15) is 0 Å². The molecule has 3 heteroatoms. The van der Waals surface area contributed by atoms with Gasteiger partial charge in [0.15, 0.2) is 0 Å². The lowest BCUT2D eigenvalue weighted by atomic mass is 11.0. The summed E-state index contributed by atoms with van der Waals surface area (Å²) in [4.78, 5) is 4.50. The van der Waals surface area contributed by atoms with Gasteiger partial charge < -0.3 is 9.80 Å². The minimum absolute atomic E-state index is 0.606. The summed E-state index contributed by atoms with van der Waals surface area (Å²) in [5, 5.41) is 0. The third kappa shape index (κ3) is 8.14. The SMILES string of the molecule is CN(C)C[SiH]CN(C)C. The molecule has 0 unspecified atom stereocenters. The molecule has 0 amide bonds. The molecule has 0 aromatic rings. The predicted octanol–water partition coefficient (Wildman–Crippen LogP) is -0.539. The average molecular weight is 145 g/mol. The molecule has 0 fully saturated rings. The van der Waals surface area contributed by atoms with Crippen LogP contribution in [0.15, 0.2) is 0 Å². The van der Waals surface area contributed by atoms with Crippen molar-refractivity contribution >= 4 is 9.52 Å². The summed E-state index contributed by atoms with van der Waals surface area (Å²) in [6, 6.07) is 0. The predicted molar refractivity (Wildman–Crippen MR) is 44.3 cm³/mol. The molecule has 0 spiro atoms. The number of hydrogen-bond acceptors (Lipinski definition) is 2. The Morgan fingerprint density at radius 2 is 1.22 bits per heavy atom. The van der Waals surface area contributed by atoms with Crippen molar-refractivity contribution in [1.29, 1.82) is 0 Å². The van der Waals surface area contributed by atoms with E-state index in [-0.39, 0.29) is 0 Å². The van der Waals surface area contributed by atoms with Crippen LogP contribution in [0, 0.1) is 0 Å². The van der Waals surface area contributed by atoms with Crippen LogP contribution >= 0.6 is 0 Å². The van der Waals surface area contributed by atoms with Crippen LogP contribution < -0.4 is 0 Å². The van der Waals surface area contributed by atoms with Gasteiger partial charge in [-0.15, -0.1) is 0 Å². The summed E-state index contributed by atoms with van der Waals surface area (Å²) < 4.78 is 0. The summed E-state index contributed by atoms with van der Waals surface area (Å²) in [5.74, 6) is 0. The molecular weight excluding hydrogens is 128 g/mol. The third-order valence-corrected chi connectivity index (χ3v) is 2.97. The van der Waals surface area contributed by atoms with E-state index < -0.39 is 0 Å². The van der Waals surface area contributed by atoms with Gasteiger partial charge in [0.1, 0.15) is 0 Å². The number of nitrogens with zero attached hydrogens (tertiary/aromatic N) is 2. The molecule has 0 N–H and O–H groups in total. The minimum atomic E-state index is 0.606. The molecule has 0 saturated carbocycles. The second-order valence-corrected chi connectivity index (χ2v) is 4.12. The highest BCUT2D eigenvalue weighted by atomic mass is 28.2. The maximum atomic E-state index is 2.25. The molecule has 0 saturated heterocycles. The Kier molecular flexibility index (Phi) is 5.04. The van der Waals surface area contributed by atoms with E-state index in [1.807, 2.05) is 0 Å². The molecule has 0 aromatic heterocycles. The smallest absolute Gasteiger partial charge is 0.0632 e. The quantitative estimate of drug-likeness (QED) is 0.490. The first-order valence-corrected chi connectivity index (χ1v) is 4.87. The Bertz CT molecular complexity index is 56.1. The first-order valence-electron chi connectivity index (χ1n) is 3.24. The fraction of sp³-hybridized carbons (Fsp3) is 1.00. The van der Waals surface area contributed by atoms with Crippen molar-refractivity contribution in [3.63, 3.8) is 0 Å². The Labute approximate surface area is 60.7 Å². The van der Waals surface area contributed by atoms with Crippen LogP contribution in [0.3, 0.4) is 0 Å². The summed E-state index contributed by atoms with van der Waals surface area (Å²) in [7, 11) is 9.12. The normalized spacial score (nSPS) is 11.3. The van der Waals surface area contributed by atoms with Gasteiger partial charge in [-0.05, 0) is 40.5 Å². The molecule has 0 rings (SSSR count). The first-order chi connectivity index (χ1) is 4.13. The fourth-order valence-electron chi connectivity index (χ4n) is 0.574. The fourth-order valence-corrected chi connectivity index (χ4v) is 1.72. The van der Waals surface area contributed by atoms with Crippen LogP contribution in [0.5, 0.6) is 0 Å². The van der Waals surface area contributed by atoms with E-state index in [1.54, 1.807) is 0 Å². The van der Waals surface area contributed by atoms with E-state index in [0.29, 0.717) is 9.52 Å². The average Bonchev–Trinajstić information content (AvgIpc) is 1.63. The van der Waals surface area contributed by atoms with Crippen molar-refractivity contribution in [2.75, 3.05) is 40.5 Å². The standard InChI is InChI=1S/C6H17N2Si/c1-7(2)5-9-6-8(3)4/h9H,5-6H2,1-4H3. The van der Waals surface area contributed by atoms with Crippen LogP contribution in [-0.2, 0) is 0 Å². The zero-order valence-corrected chi connectivity index (χ0v) is 8.04. The molecule has 55 valence electrons. The van der Waals surface area contributed by atoms with E-state index in [4.69, 9.17) is 0 Å². The van der Waals surface area contributed by atoms with Crippen LogP contribution in [0.1, 0.15) is 0 Å². The number of hydrogen-bond donors (Lipinski definition) is 0. The van der Waals surface area contributed by atoms with E-state index >= 15 is 0 Å². The molecule has 0 atom stereocenters. The van der Waals surface area contributed by atoms with Gasteiger partial charge in [-0.2, -0.15) is 0 Å². The zero-order valence-electron chi connectivity index (χ0n) is 6.89. The largest absolute Gasteiger partial charge is 0.313 e. The van der Waals surface area contributed by atoms with Crippen LogP contribution in [0.4, 0.5) is 0 Å². The lowest BCUT2D eigenvalue weighted by Gasteiger charge is -2.11. The van der Waals surface area contributed by atoms with Gasteiger partial charge in [-0.1, -0.05) is 0 Å². The van der Waals surface area contributed by atoms with Gasteiger partial charge >= 0.3 is 0 Å². The molecule has 0 aromatic carbocycles. The van der Waals surface area contributed by atoms with Crippen LogP contribution in [0.2, 0.25) is 0 Å². The van der Waals surface area contributed by atoms with Crippen molar-refractivity contribution in [2.24, 2.45) is 0 Å². The summed E-state index contributed by atoms with van der Waals surface area (Å²) >= 11 is 0. The van der Waals surface area contributed by atoms with Gasteiger partial charge in [-0.3, -0.25) is 0 Å². The lowest BCUT2D eigenvalue weighted by Crippen LogP contribution is -2.27. The zero-order chi connectivity index (χ0) is 7.28. The number of rotatable bonds is 4. The van der Waals surface area contributed by atoms with Gasteiger partial charge in [0.05, 0.1) is 9.52 Å². The highest BCUT2D eigenvalue weighted by Gasteiger charge is 1.92. The second kappa shape index (κ2) is 4.96. The van der Waals surface area contributed by atoms with Crippen molar-refractivity contribution in [2.45, 2.75) is 0 Å². The maximum absolute atomic E-state index is 2.25. The molecule has 9 heavy (non-hydrogen) atoms. The van der Waals surface area contributed by atoms with Crippen LogP contribution in [0.25, 0.3) is 0 Å². The molecule has 1 radical (unpaired) electrons. The molecule has 0 aliphatic carbocycles. The van der Waals surface area contributed by atoms with Crippen molar-refractivity contribution in [3.05, 3.63) is 0 Å². The highest BCUT2D eigenvalue weighted by Crippen LogP contribution is 1.74. The molecule has 2 nitrogen and oxygen atoms in total. The lowest BCUT2D eigenvalue weighted by molar-refractivity contribution is 0.452. The Balaban J connectivity index is 2.91. The summed E-state index contributed by atoms with van der Waals surface area (Å²) in [6.07, 6.45) is 2.55. The topological polar surface area (TPSA) is 6.48 Å². The second-order valence-electron chi connectivity index (χ2n) is 2.81. The first kappa shape index (κ1) is 9.14. The molecule has 0 aliphatic heterocycles. The maximum Gasteiger partial charge on any atom is 0.0632 e. The minimum Gasteiger partial charge on any atom is -0.313 e. The van der Waals surface area contributed by atoms with E-state index in [1.165, 1.54) is 12.3 Å². The highest BCUT2D eigenvalue weighted by molar-refractivity contribution is 6.35. The van der Waals surface area contributed by atoms with Crippen molar-refractivity contribution in [1.82, 2.24) is 9.80 Å². The van der Waals surface area contributed by atoms with Gasteiger partial charge in [0.25, 0.3) is 0 Å². The Morgan fingerprint density at radius 1 is 0.889 bits per heavy atom. The molecule has 0 aliphatic rings. The summed E-state index contributed by atoms with van der Waals surface area (Å²) in [6.45, 7) is 0. The Morgan fingerprint density at radius 3 is 1.44 bits per heavy atom.